The summed E-state index contributed by atoms with van der Waals surface area (Å²) in [5.41, 5.74) is 1.89. The molecule has 2 aromatic carbocycles. The first-order valence-electron chi connectivity index (χ1n) is 8.74. The maximum Gasteiger partial charge on any atom is 0.318 e. The van der Waals surface area contributed by atoms with Gasteiger partial charge in [-0.3, -0.25) is 4.79 Å². The molecule has 2 N–H and O–H groups in total. The van der Waals surface area contributed by atoms with E-state index in [0.717, 1.165) is 17.5 Å². The Morgan fingerprint density at radius 3 is 2.50 bits per heavy atom. The van der Waals surface area contributed by atoms with Gasteiger partial charge in [0.15, 0.2) is 0 Å². The van der Waals surface area contributed by atoms with Gasteiger partial charge in [0, 0.05) is 24.7 Å². The Kier molecular flexibility index (Phi) is 6.12. The van der Waals surface area contributed by atoms with Gasteiger partial charge in [0.25, 0.3) is 0 Å². The van der Waals surface area contributed by atoms with E-state index in [0.29, 0.717) is 31.1 Å². The van der Waals surface area contributed by atoms with Crippen LogP contribution >= 0.6 is 11.6 Å². The molecule has 136 valence electrons. The van der Waals surface area contributed by atoms with Gasteiger partial charge in [-0.25, -0.2) is 4.79 Å². The van der Waals surface area contributed by atoms with E-state index < -0.39 is 6.04 Å². The molecule has 3 amide bonds. The molecule has 1 aliphatic heterocycles. The quantitative estimate of drug-likeness (QED) is 0.846. The molecule has 0 unspecified atom stereocenters. The van der Waals surface area contributed by atoms with Gasteiger partial charge >= 0.3 is 6.03 Å². The number of nitrogens with zero attached hydrogens (tertiary/aromatic N) is 1. The molecule has 1 atom stereocenters. The van der Waals surface area contributed by atoms with E-state index in [1.807, 2.05) is 48.5 Å². The molecule has 1 fully saturated rings. The van der Waals surface area contributed by atoms with Crippen molar-refractivity contribution in [2.45, 2.75) is 32.0 Å². The maximum absolute atomic E-state index is 12.5. The molecule has 5 nitrogen and oxygen atoms in total. The summed E-state index contributed by atoms with van der Waals surface area (Å²) in [7, 11) is 0. The van der Waals surface area contributed by atoms with E-state index in [1.54, 1.807) is 11.0 Å². The van der Waals surface area contributed by atoms with Crippen molar-refractivity contribution in [3.05, 3.63) is 70.7 Å². The largest absolute Gasteiger partial charge is 0.350 e. The fraction of sp³-hybridized carbons (Fsp3) is 0.300. The number of halogens is 1. The molecule has 0 bridgehead atoms. The van der Waals surface area contributed by atoms with Crippen LogP contribution in [0.5, 0.6) is 0 Å². The minimum atomic E-state index is -0.437. The van der Waals surface area contributed by atoms with Gasteiger partial charge in [-0.2, -0.15) is 0 Å². The molecule has 1 aliphatic rings. The lowest BCUT2D eigenvalue weighted by molar-refractivity contribution is -0.124. The van der Waals surface area contributed by atoms with Crippen molar-refractivity contribution < 1.29 is 9.59 Å². The van der Waals surface area contributed by atoms with Crippen molar-refractivity contribution in [2.24, 2.45) is 0 Å². The van der Waals surface area contributed by atoms with Crippen LogP contribution in [0.2, 0.25) is 5.02 Å². The summed E-state index contributed by atoms with van der Waals surface area (Å²) in [4.78, 5) is 26.6. The van der Waals surface area contributed by atoms with E-state index >= 15 is 0 Å². The topological polar surface area (TPSA) is 61.4 Å². The smallest absolute Gasteiger partial charge is 0.318 e. The molecule has 26 heavy (non-hydrogen) atoms. The Morgan fingerprint density at radius 1 is 1.00 bits per heavy atom. The van der Waals surface area contributed by atoms with Crippen LogP contribution in [0.15, 0.2) is 54.6 Å². The molecule has 0 aliphatic carbocycles. The number of carbonyl (C=O) groups excluding carboxylic acids is 2. The second-order valence-electron chi connectivity index (χ2n) is 6.30. The molecule has 0 saturated carbocycles. The first-order valence-corrected chi connectivity index (χ1v) is 9.12. The van der Waals surface area contributed by atoms with Gasteiger partial charge in [-0.1, -0.05) is 60.1 Å². The molecule has 0 spiro atoms. The van der Waals surface area contributed by atoms with E-state index in [9.17, 15) is 9.59 Å². The standard InChI is InChI=1S/C20H22ClN3O2/c21-17-10-5-4-9-16(17)14-22-19(25)18-11-6-12-24(18)20(26)23-13-15-7-2-1-3-8-15/h1-5,7-10,18H,6,11-14H2,(H,22,25)(H,23,26)/t18-/m1/s1. The maximum atomic E-state index is 12.5. The summed E-state index contributed by atoms with van der Waals surface area (Å²) in [6, 6.07) is 16.5. The lowest BCUT2D eigenvalue weighted by Crippen LogP contribution is -2.49. The van der Waals surface area contributed by atoms with Crippen LogP contribution in [0.1, 0.15) is 24.0 Å². The number of nitrogens with one attached hydrogen (secondary N) is 2. The number of likely N-dealkylation sites (tertiary alicyclic amines) is 1. The van der Waals surface area contributed by atoms with Crippen LogP contribution in [-0.2, 0) is 17.9 Å². The minimum absolute atomic E-state index is 0.141. The molecule has 1 heterocycles. The highest BCUT2D eigenvalue weighted by Crippen LogP contribution is 2.19. The first kappa shape index (κ1) is 18.3. The molecule has 1 saturated heterocycles. The van der Waals surface area contributed by atoms with E-state index in [4.69, 9.17) is 11.6 Å². The second kappa shape index (κ2) is 8.72. The van der Waals surface area contributed by atoms with Crippen LogP contribution in [0.25, 0.3) is 0 Å². The summed E-state index contributed by atoms with van der Waals surface area (Å²) < 4.78 is 0. The van der Waals surface area contributed by atoms with Crippen LogP contribution < -0.4 is 10.6 Å². The average molecular weight is 372 g/mol. The first-order chi connectivity index (χ1) is 12.6. The highest BCUT2D eigenvalue weighted by molar-refractivity contribution is 6.31. The Balaban J connectivity index is 1.54. The zero-order valence-corrected chi connectivity index (χ0v) is 15.2. The lowest BCUT2D eigenvalue weighted by atomic mass is 10.2. The monoisotopic (exact) mass is 371 g/mol. The number of carbonyl (C=O) groups is 2. The van der Waals surface area contributed by atoms with E-state index in [1.165, 1.54) is 0 Å². The van der Waals surface area contributed by atoms with Crippen molar-refractivity contribution >= 4 is 23.5 Å². The fourth-order valence-electron chi connectivity index (χ4n) is 3.10. The Hall–Kier alpha value is -2.53. The number of hydrogen-bond donors (Lipinski definition) is 2. The van der Waals surface area contributed by atoms with Crippen LogP contribution in [0, 0.1) is 0 Å². The summed E-state index contributed by atoms with van der Waals surface area (Å²) >= 11 is 6.12. The molecular weight excluding hydrogens is 350 g/mol. The van der Waals surface area contributed by atoms with Crippen LogP contribution in [0.4, 0.5) is 4.79 Å². The SMILES string of the molecule is O=C(NCc1ccccc1Cl)[C@H]1CCCN1C(=O)NCc1ccccc1. The Labute approximate surface area is 158 Å². The molecule has 3 rings (SSSR count). The van der Waals surface area contributed by atoms with Crippen molar-refractivity contribution in [2.75, 3.05) is 6.54 Å². The van der Waals surface area contributed by atoms with Gasteiger partial charge in [-0.15, -0.1) is 0 Å². The molecule has 0 radical (unpaired) electrons. The zero-order valence-electron chi connectivity index (χ0n) is 14.5. The van der Waals surface area contributed by atoms with Gasteiger partial charge in [0.1, 0.15) is 6.04 Å². The Morgan fingerprint density at radius 2 is 1.73 bits per heavy atom. The molecule has 2 aromatic rings. The zero-order chi connectivity index (χ0) is 18.4. The van der Waals surface area contributed by atoms with Gasteiger partial charge in [0.2, 0.25) is 5.91 Å². The average Bonchev–Trinajstić information content (AvgIpc) is 3.16. The summed E-state index contributed by atoms with van der Waals surface area (Å²) in [5, 5.41) is 6.41. The number of amides is 3. The van der Waals surface area contributed by atoms with E-state index in [-0.39, 0.29) is 11.9 Å². The number of urea groups is 1. The highest BCUT2D eigenvalue weighted by Gasteiger charge is 2.33. The second-order valence-corrected chi connectivity index (χ2v) is 6.71. The summed E-state index contributed by atoms with van der Waals surface area (Å²) in [6.45, 7) is 1.39. The number of rotatable bonds is 5. The minimum Gasteiger partial charge on any atom is -0.350 e. The predicted octanol–water partition coefficient (Wildman–Crippen LogP) is 3.33. The predicted molar refractivity (Wildman–Crippen MR) is 102 cm³/mol. The van der Waals surface area contributed by atoms with E-state index in [2.05, 4.69) is 10.6 Å². The third kappa shape index (κ3) is 4.55. The van der Waals surface area contributed by atoms with Gasteiger partial charge in [-0.05, 0) is 30.0 Å². The lowest BCUT2D eigenvalue weighted by Gasteiger charge is -2.24. The van der Waals surface area contributed by atoms with Gasteiger partial charge < -0.3 is 15.5 Å². The van der Waals surface area contributed by atoms with Crippen LogP contribution in [-0.4, -0.2) is 29.4 Å². The summed E-state index contributed by atoms with van der Waals surface area (Å²) in [5.74, 6) is -0.141. The number of hydrogen-bond acceptors (Lipinski definition) is 2. The summed E-state index contributed by atoms with van der Waals surface area (Å²) in [6.07, 6.45) is 1.50. The van der Waals surface area contributed by atoms with Crippen molar-refractivity contribution in [3.63, 3.8) is 0 Å². The van der Waals surface area contributed by atoms with Crippen molar-refractivity contribution in [1.29, 1.82) is 0 Å². The number of benzene rings is 2. The highest BCUT2D eigenvalue weighted by atomic mass is 35.5. The van der Waals surface area contributed by atoms with Gasteiger partial charge in [0.05, 0.1) is 0 Å². The van der Waals surface area contributed by atoms with Crippen molar-refractivity contribution in [3.8, 4) is 0 Å². The molecular formula is C20H22ClN3O2. The third-order valence-electron chi connectivity index (χ3n) is 4.51. The normalized spacial score (nSPS) is 16.3. The molecule has 6 heteroatoms. The third-order valence-corrected chi connectivity index (χ3v) is 4.88. The fourth-order valence-corrected chi connectivity index (χ4v) is 3.30. The van der Waals surface area contributed by atoms with Crippen molar-refractivity contribution in [1.82, 2.24) is 15.5 Å². The van der Waals surface area contributed by atoms with Crippen LogP contribution in [0.3, 0.4) is 0 Å². The Bertz CT molecular complexity index is 767. The molecule has 0 aromatic heterocycles.